The van der Waals surface area contributed by atoms with E-state index in [0.29, 0.717) is 11.6 Å². The van der Waals surface area contributed by atoms with Gasteiger partial charge in [-0.25, -0.2) is 19.5 Å². The minimum Gasteiger partial charge on any atom is -0.497 e. The van der Waals surface area contributed by atoms with E-state index >= 15 is 0 Å². The van der Waals surface area contributed by atoms with E-state index in [0.717, 1.165) is 60.3 Å². The highest BCUT2D eigenvalue weighted by atomic mass is 32.2. The first-order valence-electron chi connectivity index (χ1n) is 12.8. The quantitative estimate of drug-likeness (QED) is 0.202. The normalized spacial score (nSPS) is 14.3. The molecule has 7 aromatic rings. The van der Waals surface area contributed by atoms with Crippen LogP contribution in [0.2, 0.25) is 0 Å². The van der Waals surface area contributed by atoms with Crippen LogP contribution in [0.4, 0.5) is 0 Å². The van der Waals surface area contributed by atoms with Crippen molar-refractivity contribution in [1.29, 1.82) is 0 Å². The molecule has 0 N–H and O–H groups in total. The number of ether oxygens (including phenoxy) is 2. The van der Waals surface area contributed by atoms with Gasteiger partial charge >= 0.3 is 0 Å². The second-order valence-electron chi connectivity index (χ2n) is 9.51. The highest BCUT2D eigenvalue weighted by Crippen LogP contribution is 2.50. The molecule has 1 atom stereocenters. The fourth-order valence-electron chi connectivity index (χ4n) is 5.33. The van der Waals surface area contributed by atoms with Crippen LogP contribution in [0.3, 0.4) is 0 Å². The van der Waals surface area contributed by atoms with Gasteiger partial charge in [-0.2, -0.15) is 0 Å². The van der Waals surface area contributed by atoms with Crippen LogP contribution in [0.1, 0.15) is 28.4 Å². The Hall–Kier alpha value is -4.47. The van der Waals surface area contributed by atoms with Crippen LogP contribution in [0.25, 0.3) is 26.6 Å². The molecule has 0 saturated carbocycles. The molecule has 4 heterocycles. The molecular formula is C31H21N5O2S2. The molecule has 0 saturated heterocycles. The van der Waals surface area contributed by atoms with Gasteiger partial charge < -0.3 is 9.47 Å². The number of hydrogen-bond acceptors (Lipinski definition) is 8. The standard InChI is InChI=1S/C31H21N5O2S2/c1-37-20-13-10-19(11-14-20)26-22-15-12-18-6-2-3-7-21(18)28(22)38-30-27(26)29-34-25(35-36(29)17-32-30)16-39-31-33-23-8-4-5-9-24(23)40-31/h2-15,17,26H,16H2,1H3/t26-/m1/s1. The Balaban J connectivity index is 1.24. The molecule has 194 valence electrons. The van der Waals surface area contributed by atoms with E-state index < -0.39 is 0 Å². The number of aromatic nitrogens is 5. The molecule has 1 aliphatic rings. The Bertz CT molecular complexity index is 2020. The maximum Gasteiger partial charge on any atom is 0.228 e. The van der Waals surface area contributed by atoms with E-state index in [-0.39, 0.29) is 5.92 Å². The number of hydrogen-bond donors (Lipinski definition) is 0. The molecule has 7 nitrogen and oxygen atoms in total. The summed E-state index contributed by atoms with van der Waals surface area (Å²) in [4.78, 5) is 14.5. The third-order valence-corrected chi connectivity index (χ3v) is 9.36. The molecule has 0 spiro atoms. The molecule has 0 aliphatic carbocycles. The smallest absolute Gasteiger partial charge is 0.228 e. The van der Waals surface area contributed by atoms with E-state index in [2.05, 4.69) is 42.5 Å². The first kappa shape index (κ1) is 23.4. The zero-order valence-electron chi connectivity index (χ0n) is 21.3. The van der Waals surface area contributed by atoms with Gasteiger partial charge in [0.05, 0.1) is 28.6 Å². The maximum absolute atomic E-state index is 6.54. The Labute approximate surface area is 237 Å². The number of methoxy groups -OCH3 is 1. The topological polar surface area (TPSA) is 74.4 Å². The molecule has 0 radical (unpaired) electrons. The Morgan fingerprint density at radius 2 is 1.80 bits per heavy atom. The first-order chi connectivity index (χ1) is 19.7. The Kier molecular flexibility index (Phi) is 5.46. The summed E-state index contributed by atoms with van der Waals surface area (Å²) in [6.07, 6.45) is 1.69. The molecular weight excluding hydrogens is 539 g/mol. The summed E-state index contributed by atoms with van der Waals surface area (Å²) >= 11 is 3.33. The fraction of sp³-hybridized carbons (Fsp3) is 0.0968. The van der Waals surface area contributed by atoms with Gasteiger partial charge in [0.15, 0.2) is 15.8 Å². The monoisotopic (exact) mass is 559 g/mol. The van der Waals surface area contributed by atoms with Crippen molar-refractivity contribution in [1.82, 2.24) is 24.6 Å². The van der Waals surface area contributed by atoms with Crippen LogP contribution in [-0.2, 0) is 5.75 Å². The van der Waals surface area contributed by atoms with Gasteiger partial charge in [-0.1, -0.05) is 72.4 Å². The predicted molar refractivity (Wildman–Crippen MR) is 158 cm³/mol. The van der Waals surface area contributed by atoms with Crippen LogP contribution >= 0.6 is 23.1 Å². The van der Waals surface area contributed by atoms with Gasteiger partial charge in [-0.15, -0.1) is 16.4 Å². The zero-order valence-corrected chi connectivity index (χ0v) is 22.9. The van der Waals surface area contributed by atoms with Gasteiger partial charge in [0.2, 0.25) is 5.88 Å². The second kappa shape index (κ2) is 9.32. The summed E-state index contributed by atoms with van der Waals surface area (Å²) in [5.41, 5.74) is 4.83. The van der Waals surface area contributed by atoms with Crippen molar-refractivity contribution in [3.05, 3.63) is 114 Å². The zero-order chi connectivity index (χ0) is 26.6. The van der Waals surface area contributed by atoms with Crippen molar-refractivity contribution in [2.75, 3.05) is 7.11 Å². The van der Waals surface area contributed by atoms with Crippen molar-refractivity contribution < 1.29 is 9.47 Å². The van der Waals surface area contributed by atoms with Crippen LogP contribution in [0.15, 0.2) is 95.6 Å². The molecule has 0 fully saturated rings. The van der Waals surface area contributed by atoms with E-state index in [9.17, 15) is 0 Å². The van der Waals surface area contributed by atoms with Crippen LogP contribution in [-0.4, -0.2) is 31.7 Å². The van der Waals surface area contributed by atoms with E-state index in [1.807, 2.05) is 42.5 Å². The lowest BCUT2D eigenvalue weighted by atomic mass is 9.83. The molecule has 0 unspecified atom stereocenters. The molecule has 40 heavy (non-hydrogen) atoms. The summed E-state index contributed by atoms with van der Waals surface area (Å²) in [6.45, 7) is 0. The summed E-state index contributed by atoms with van der Waals surface area (Å²) < 4.78 is 15.9. The molecule has 8 rings (SSSR count). The molecule has 4 aromatic carbocycles. The number of thioether (sulfide) groups is 1. The van der Waals surface area contributed by atoms with Crippen molar-refractivity contribution in [2.24, 2.45) is 0 Å². The van der Waals surface area contributed by atoms with Crippen molar-refractivity contribution in [2.45, 2.75) is 16.0 Å². The summed E-state index contributed by atoms with van der Waals surface area (Å²) in [6, 6.07) is 28.9. The molecule has 0 amide bonds. The van der Waals surface area contributed by atoms with Gasteiger partial charge in [0.25, 0.3) is 0 Å². The molecule has 0 bridgehead atoms. The average Bonchev–Trinajstić information content (AvgIpc) is 3.62. The second-order valence-corrected chi connectivity index (χ2v) is 11.8. The maximum atomic E-state index is 6.54. The van der Waals surface area contributed by atoms with Crippen LogP contribution < -0.4 is 9.47 Å². The number of para-hydroxylation sites is 1. The molecule has 9 heteroatoms. The van der Waals surface area contributed by atoms with E-state index in [1.54, 1.807) is 41.1 Å². The first-order valence-corrected chi connectivity index (χ1v) is 14.6. The lowest BCUT2D eigenvalue weighted by Crippen LogP contribution is -2.15. The largest absolute Gasteiger partial charge is 0.497 e. The number of fused-ring (bicyclic) bond motifs is 7. The van der Waals surface area contributed by atoms with Gasteiger partial charge in [-0.05, 0) is 35.2 Å². The number of thiazole rings is 1. The molecule has 3 aromatic heterocycles. The highest BCUT2D eigenvalue weighted by Gasteiger charge is 2.34. The third-order valence-electron chi connectivity index (χ3n) is 7.19. The van der Waals surface area contributed by atoms with Crippen molar-refractivity contribution in [3.8, 4) is 17.4 Å². The Morgan fingerprint density at radius 3 is 2.67 bits per heavy atom. The van der Waals surface area contributed by atoms with Gasteiger partial charge in [0.1, 0.15) is 17.8 Å². The summed E-state index contributed by atoms with van der Waals surface area (Å²) in [5, 5.41) is 6.95. The fourth-order valence-corrected chi connectivity index (χ4v) is 7.25. The van der Waals surface area contributed by atoms with Crippen molar-refractivity contribution >= 4 is 49.7 Å². The van der Waals surface area contributed by atoms with Crippen LogP contribution in [0.5, 0.6) is 17.4 Å². The molecule has 1 aliphatic heterocycles. The van der Waals surface area contributed by atoms with Gasteiger partial charge in [0, 0.05) is 16.9 Å². The predicted octanol–water partition coefficient (Wildman–Crippen LogP) is 7.47. The third kappa shape index (κ3) is 3.81. The number of benzene rings is 4. The lowest BCUT2D eigenvalue weighted by molar-refractivity contribution is 0.414. The van der Waals surface area contributed by atoms with E-state index in [1.165, 1.54) is 4.70 Å². The lowest BCUT2D eigenvalue weighted by Gasteiger charge is -2.28. The minimum atomic E-state index is -0.139. The number of rotatable bonds is 5. The minimum absolute atomic E-state index is 0.139. The van der Waals surface area contributed by atoms with E-state index in [4.69, 9.17) is 29.5 Å². The average molecular weight is 560 g/mol. The van der Waals surface area contributed by atoms with Crippen molar-refractivity contribution in [3.63, 3.8) is 0 Å². The Morgan fingerprint density at radius 1 is 0.950 bits per heavy atom. The number of nitrogens with zero attached hydrogens (tertiary/aromatic N) is 5. The van der Waals surface area contributed by atoms with Gasteiger partial charge in [-0.3, -0.25) is 0 Å². The SMILES string of the molecule is COc1ccc([C@@H]2c3ccc4ccccc4c3Oc3ncn4nc(CSc5nc6ccccc6s5)nc4c32)cc1. The summed E-state index contributed by atoms with van der Waals surface area (Å²) in [7, 11) is 1.68. The van der Waals surface area contributed by atoms with Crippen LogP contribution in [0, 0.1) is 0 Å². The summed E-state index contributed by atoms with van der Waals surface area (Å²) in [5.74, 6) is 3.37. The highest BCUT2D eigenvalue weighted by molar-refractivity contribution is 8.00.